The van der Waals surface area contributed by atoms with Crippen molar-refractivity contribution >= 4 is 15.9 Å². The molecule has 1 aliphatic carbocycles. The molecule has 1 aromatic carbocycles. The number of sulfonamides is 1. The molecular formula is C18H22F3N3O4S. The quantitative estimate of drug-likeness (QED) is 0.728. The smallest absolute Gasteiger partial charge is 0.406 e. The van der Waals surface area contributed by atoms with E-state index in [0.29, 0.717) is 37.4 Å². The fourth-order valence-electron chi connectivity index (χ4n) is 4.35. The van der Waals surface area contributed by atoms with E-state index in [9.17, 15) is 26.4 Å². The van der Waals surface area contributed by atoms with Gasteiger partial charge in [0.1, 0.15) is 5.75 Å². The maximum atomic E-state index is 12.3. The number of rotatable bonds is 6. The molecule has 0 aromatic heterocycles. The number of amides is 1. The van der Waals surface area contributed by atoms with Crippen LogP contribution in [0.3, 0.4) is 0 Å². The normalized spacial score (nSPS) is 27.9. The Bertz CT molecular complexity index is 890. The average Bonchev–Trinajstić information content (AvgIpc) is 2.99. The summed E-state index contributed by atoms with van der Waals surface area (Å²) in [6, 6.07) is 5.28. The van der Waals surface area contributed by atoms with Gasteiger partial charge in [0.25, 0.3) is 5.91 Å². The van der Waals surface area contributed by atoms with Gasteiger partial charge in [0.15, 0.2) is 0 Å². The summed E-state index contributed by atoms with van der Waals surface area (Å²) in [4.78, 5) is 14.6. The standard InChI is InChI=1S/C18H22F3N3O4S/c1-29(26,27)24-7-12(8-24)23-9-15-14(16(15)10-23)6-22-17(25)11-3-2-4-13(5-11)28-18(19,20)21/h2-5,12,14-16H,6-10H2,1H3,(H,22,25). The minimum Gasteiger partial charge on any atom is -0.406 e. The third-order valence-corrected chi connectivity index (χ3v) is 7.28. The Labute approximate surface area is 166 Å². The first-order valence-corrected chi connectivity index (χ1v) is 11.2. The highest BCUT2D eigenvalue weighted by molar-refractivity contribution is 7.88. The van der Waals surface area contributed by atoms with E-state index < -0.39 is 28.0 Å². The Morgan fingerprint density at radius 1 is 1.21 bits per heavy atom. The number of ether oxygens (including phenoxy) is 1. The van der Waals surface area contributed by atoms with E-state index in [1.165, 1.54) is 22.7 Å². The Balaban J connectivity index is 1.22. The van der Waals surface area contributed by atoms with Crippen LogP contribution < -0.4 is 10.1 Å². The van der Waals surface area contributed by atoms with Crippen LogP contribution >= 0.6 is 0 Å². The van der Waals surface area contributed by atoms with Crippen molar-refractivity contribution in [3.8, 4) is 5.75 Å². The van der Waals surface area contributed by atoms with Crippen molar-refractivity contribution in [3.05, 3.63) is 29.8 Å². The van der Waals surface area contributed by atoms with Gasteiger partial charge < -0.3 is 10.1 Å². The molecule has 2 atom stereocenters. The maximum absolute atomic E-state index is 12.3. The molecular weight excluding hydrogens is 411 g/mol. The second-order valence-corrected chi connectivity index (χ2v) is 9.95. The SMILES string of the molecule is CS(=O)(=O)N1CC(N2CC3C(CNC(=O)c4cccc(OC(F)(F)F)c4)C3C2)C1. The predicted molar refractivity (Wildman–Crippen MR) is 97.7 cm³/mol. The summed E-state index contributed by atoms with van der Waals surface area (Å²) in [5, 5.41) is 2.80. The van der Waals surface area contributed by atoms with E-state index in [-0.39, 0.29) is 11.6 Å². The lowest BCUT2D eigenvalue weighted by Crippen LogP contribution is -2.60. The van der Waals surface area contributed by atoms with E-state index in [1.54, 1.807) is 0 Å². The topological polar surface area (TPSA) is 79.0 Å². The molecule has 0 bridgehead atoms. The largest absolute Gasteiger partial charge is 0.573 e. The zero-order chi connectivity index (χ0) is 21.0. The molecule has 1 aromatic rings. The molecule has 11 heteroatoms. The zero-order valence-corrected chi connectivity index (χ0v) is 16.5. The van der Waals surface area contributed by atoms with Crippen molar-refractivity contribution in [2.75, 3.05) is 39.0 Å². The van der Waals surface area contributed by atoms with Gasteiger partial charge in [0.05, 0.1) is 6.26 Å². The number of carbonyl (C=O) groups excluding carboxylic acids is 1. The van der Waals surface area contributed by atoms with Crippen molar-refractivity contribution in [2.24, 2.45) is 17.8 Å². The highest BCUT2D eigenvalue weighted by atomic mass is 32.2. The van der Waals surface area contributed by atoms with Crippen LogP contribution in [-0.2, 0) is 10.0 Å². The summed E-state index contributed by atoms with van der Waals surface area (Å²) in [6.07, 6.45) is -3.58. The van der Waals surface area contributed by atoms with Crippen LogP contribution in [0.5, 0.6) is 5.75 Å². The van der Waals surface area contributed by atoms with Crippen LogP contribution in [-0.4, -0.2) is 74.9 Å². The Morgan fingerprint density at radius 2 is 1.86 bits per heavy atom. The number of alkyl halides is 3. The van der Waals surface area contributed by atoms with Crippen molar-refractivity contribution < 1.29 is 31.1 Å². The van der Waals surface area contributed by atoms with Gasteiger partial charge in [0, 0.05) is 44.3 Å². The van der Waals surface area contributed by atoms with Gasteiger partial charge in [-0.3, -0.25) is 9.69 Å². The van der Waals surface area contributed by atoms with E-state index >= 15 is 0 Å². The molecule has 3 fully saturated rings. The number of nitrogens with one attached hydrogen (secondary N) is 1. The van der Waals surface area contributed by atoms with Gasteiger partial charge in [-0.2, -0.15) is 4.31 Å². The lowest BCUT2D eigenvalue weighted by atomic mass is 10.1. The van der Waals surface area contributed by atoms with E-state index in [2.05, 4.69) is 15.0 Å². The van der Waals surface area contributed by atoms with Gasteiger partial charge >= 0.3 is 6.36 Å². The summed E-state index contributed by atoms with van der Waals surface area (Å²) in [7, 11) is -3.11. The van der Waals surface area contributed by atoms with E-state index in [0.717, 1.165) is 25.2 Å². The minimum atomic E-state index is -4.80. The number of hydrogen-bond acceptors (Lipinski definition) is 5. The first-order valence-electron chi connectivity index (χ1n) is 9.34. The van der Waals surface area contributed by atoms with Crippen LogP contribution in [0.4, 0.5) is 13.2 Å². The number of nitrogens with zero attached hydrogens (tertiary/aromatic N) is 2. The molecule has 1 amide bonds. The number of likely N-dealkylation sites (tertiary alicyclic amines) is 1. The monoisotopic (exact) mass is 433 g/mol. The number of halogens is 3. The van der Waals surface area contributed by atoms with Gasteiger partial charge in [-0.15, -0.1) is 13.2 Å². The molecule has 4 rings (SSSR count). The molecule has 1 saturated carbocycles. The predicted octanol–water partition coefficient (Wildman–Crippen LogP) is 1.14. The lowest BCUT2D eigenvalue weighted by molar-refractivity contribution is -0.274. The molecule has 2 unspecified atom stereocenters. The number of hydrogen-bond donors (Lipinski definition) is 1. The van der Waals surface area contributed by atoms with Gasteiger partial charge in [-0.25, -0.2) is 8.42 Å². The molecule has 29 heavy (non-hydrogen) atoms. The second kappa shape index (κ2) is 7.13. The van der Waals surface area contributed by atoms with Crippen LogP contribution in [0.2, 0.25) is 0 Å². The van der Waals surface area contributed by atoms with Crippen molar-refractivity contribution in [1.29, 1.82) is 0 Å². The summed E-state index contributed by atoms with van der Waals surface area (Å²) >= 11 is 0. The summed E-state index contributed by atoms with van der Waals surface area (Å²) < 4.78 is 65.1. The molecule has 2 aliphatic heterocycles. The zero-order valence-electron chi connectivity index (χ0n) is 15.7. The fraction of sp³-hybridized carbons (Fsp3) is 0.611. The highest BCUT2D eigenvalue weighted by Crippen LogP contribution is 2.52. The highest BCUT2D eigenvalue weighted by Gasteiger charge is 2.57. The average molecular weight is 433 g/mol. The van der Waals surface area contributed by atoms with Crippen molar-refractivity contribution in [3.63, 3.8) is 0 Å². The van der Waals surface area contributed by atoms with Crippen LogP contribution in [0.25, 0.3) is 0 Å². The third kappa shape index (κ3) is 4.51. The van der Waals surface area contributed by atoms with Gasteiger partial charge in [-0.1, -0.05) is 6.07 Å². The summed E-state index contributed by atoms with van der Waals surface area (Å²) in [6.45, 7) is 3.34. The number of piperidine rings is 1. The maximum Gasteiger partial charge on any atom is 0.573 e. The lowest BCUT2D eigenvalue weighted by Gasteiger charge is -2.43. The summed E-state index contributed by atoms with van der Waals surface area (Å²) in [5.41, 5.74) is 0.120. The van der Waals surface area contributed by atoms with Gasteiger partial charge in [-0.05, 0) is 36.0 Å². The first kappa shape index (κ1) is 20.4. The molecule has 0 radical (unpaired) electrons. The number of fused-ring (bicyclic) bond motifs is 1. The molecule has 3 aliphatic rings. The van der Waals surface area contributed by atoms with E-state index in [4.69, 9.17) is 0 Å². The molecule has 2 heterocycles. The fourth-order valence-corrected chi connectivity index (χ4v) is 5.23. The Morgan fingerprint density at radius 3 is 2.45 bits per heavy atom. The number of carbonyl (C=O) groups is 1. The van der Waals surface area contributed by atoms with Crippen LogP contribution in [0, 0.1) is 17.8 Å². The first-order chi connectivity index (χ1) is 13.5. The molecule has 0 spiro atoms. The third-order valence-electron chi connectivity index (χ3n) is 6.04. The molecule has 7 nitrogen and oxygen atoms in total. The van der Waals surface area contributed by atoms with E-state index in [1.807, 2.05) is 0 Å². The number of benzene rings is 1. The second-order valence-electron chi connectivity index (χ2n) is 7.96. The van der Waals surface area contributed by atoms with Crippen molar-refractivity contribution in [1.82, 2.24) is 14.5 Å². The molecule has 160 valence electrons. The Kier molecular flexibility index (Phi) is 5.02. The van der Waals surface area contributed by atoms with Gasteiger partial charge in [0.2, 0.25) is 10.0 Å². The molecule has 1 N–H and O–H groups in total. The van der Waals surface area contributed by atoms with Crippen LogP contribution in [0.15, 0.2) is 24.3 Å². The summed E-state index contributed by atoms with van der Waals surface area (Å²) in [5.74, 6) is 0.454. The minimum absolute atomic E-state index is 0.120. The van der Waals surface area contributed by atoms with Crippen LogP contribution in [0.1, 0.15) is 10.4 Å². The van der Waals surface area contributed by atoms with Crippen molar-refractivity contribution in [2.45, 2.75) is 12.4 Å². The Hall–Kier alpha value is -1.85. The molecule has 2 saturated heterocycles.